The average molecular weight is 473 g/mol. The van der Waals surface area contributed by atoms with Crippen LogP contribution in [0.3, 0.4) is 0 Å². The third-order valence-electron chi connectivity index (χ3n) is 5.29. The zero-order chi connectivity index (χ0) is 23.4. The predicted octanol–water partition coefficient (Wildman–Crippen LogP) is 4.92. The maximum atomic E-state index is 13.7. The van der Waals surface area contributed by atoms with Crippen LogP contribution in [0.2, 0.25) is 0 Å². The average Bonchev–Trinajstić information content (AvgIpc) is 3.28. The van der Waals surface area contributed by atoms with Gasteiger partial charge in [0.2, 0.25) is 0 Å². The van der Waals surface area contributed by atoms with E-state index < -0.39 is 23.6 Å². The van der Waals surface area contributed by atoms with Gasteiger partial charge in [-0.1, -0.05) is 24.1 Å². The maximum Gasteiger partial charge on any atom is 0.321 e. The Bertz CT molecular complexity index is 1140. The van der Waals surface area contributed by atoms with Crippen LogP contribution in [0.4, 0.5) is 8.78 Å². The van der Waals surface area contributed by atoms with E-state index in [4.69, 9.17) is 9.47 Å². The number of carbonyl (C=O) groups is 1. The quantitative estimate of drug-likeness (QED) is 0.467. The van der Waals surface area contributed by atoms with Gasteiger partial charge in [0.05, 0.1) is 19.3 Å². The highest BCUT2D eigenvalue weighted by molar-refractivity contribution is 7.97. The van der Waals surface area contributed by atoms with Crippen LogP contribution in [0.1, 0.15) is 17.7 Å². The van der Waals surface area contributed by atoms with Crippen LogP contribution in [-0.4, -0.2) is 39.3 Å². The molecular formula is C24H22F2N2O4S. The molecule has 0 amide bonds. The van der Waals surface area contributed by atoms with Crippen LogP contribution in [0.25, 0.3) is 11.1 Å². The van der Waals surface area contributed by atoms with Crippen LogP contribution in [0.15, 0.2) is 54.7 Å². The summed E-state index contributed by atoms with van der Waals surface area (Å²) < 4.78 is 40.0. The Balaban J connectivity index is 1.41. The number of aliphatic carboxylic acids is 1. The lowest BCUT2D eigenvalue weighted by Gasteiger charge is -2.19. The van der Waals surface area contributed by atoms with Gasteiger partial charge in [0, 0.05) is 23.6 Å². The summed E-state index contributed by atoms with van der Waals surface area (Å²) in [6.07, 6.45) is 2.30. The van der Waals surface area contributed by atoms with Gasteiger partial charge in [0.15, 0.2) is 11.6 Å². The van der Waals surface area contributed by atoms with E-state index in [0.717, 1.165) is 29.1 Å². The number of halogens is 2. The number of aromatic nitrogens is 1. The van der Waals surface area contributed by atoms with E-state index in [0.29, 0.717) is 36.4 Å². The number of hydrogen-bond acceptors (Lipinski definition) is 6. The second-order valence-corrected chi connectivity index (χ2v) is 8.62. The molecular weight excluding hydrogens is 450 g/mol. The zero-order valence-electron chi connectivity index (χ0n) is 17.8. The predicted molar refractivity (Wildman–Crippen MR) is 121 cm³/mol. The molecule has 0 bridgehead atoms. The van der Waals surface area contributed by atoms with Gasteiger partial charge in [-0.05, 0) is 47.9 Å². The van der Waals surface area contributed by atoms with Crippen molar-refractivity contribution in [3.8, 4) is 22.6 Å². The highest BCUT2D eigenvalue weighted by atomic mass is 32.2. The molecule has 1 N–H and O–H groups in total. The van der Waals surface area contributed by atoms with Gasteiger partial charge in [0.1, 0.15) is 24.1 Å². The van der Waals surface area contributed by atoms with Crippen molar-refractivity contribution < 1.29 is 28.2 Å². The molecule has 2 aromatic carbocycles. The topological polar surface area (TPSA) is 71.9 Å². The molecule has 1 atom stereocenters. The number of rotatable bonds is 8. The molecule has 1 aliphatic heterocycles. The summed E-state index contributed by atoms with van der Waals surface area (Å²) in [6.45, 7) is 0.749. The van der Waals surface area contributed by atoms with E-state index in [-0.39, 0.29) is 5.75 Å². The minimum absolute atomic E-state index is 0.244. The fourth-order valence-electron chi connectivity index (χ4n) is 3.60. The van der Waals surface area contributed by atoms with Crippen molar-refractivity contribution >= 4 is 17.9 Å². The number of methoxy groups -OCH3 is 1. The van der Waals surface area contributed by atoms with Gasteiger partial charge < -0.3 is 14.6 Å². The summed E-state index contributed by atoms with van der Waals surface area (Å²) >= 11 is 1.52. The lowest BCUT2D eigenvalue weighted by atomic mass is 10.0. The van der Waals surface area contributed by atoms with Crippen LogP contribution in [0, 0.1) is 11.6 Å². The molecule has 3 aromatic rings. The van der Waals surface area contributed by atoms with E-state index in [1.807, 2.05) is 16.4 Å². The second-order valence-electron chi connectivity index (χ2n) is 7.49. The number of pyridine rings is 1. The van der Waals surface area contributed by atoms with Crippen LogP contribution < -0.4 is 9.47 Å². The first-order valence-corrected chi connectivity index (χ1v) is 11.2. The van der Waals surface area contributed by atoms with Crippen LogP contribution in [0.5, 0.6) is 11.5 Å². The molecule has 1 fully saturated rings. The fraction of sp³-hybridized carbons (Fsp3) is 0.250. The first kappa shape index (κ1) is 23.0. The lowest BCUT2D eigenvalue weighted by Crippen LogP contribution is -2.32. The Morgan fingerprint density at radius 2 is 1.94 bits per heavy atom. The summed E-state index contributed by atoms with van der Waals surface area (Å²) in [5, 5.41) is 9.34. The third-order valence-corrected chi connectivity index (χ3v) is 6.43. The summed E-state index contributed by atoms with van der Waals surface area (Å²) in [6, 6.07) is 12.4. The first-order chi connectivity index (χ1) is 15.9. The molecule has 172 valence electrons. The molecule has 1 aliphatic rings. The summed E-state index contributed by atoms with van der Waals surface area (Å²) in [5.74, 6) is -1.08. The SMILES string of the molecule is COc1cc(F)c(F)cc1-c1ccc(OCc2ccnc(CN3SCCC3C(=O)O)c2)cc1. The third kappa shape index (κ3) is 5.43. The Labute approximate surface area is 194 Å². The number of ether oxygens (including phenoxy) is 2. The number of carboxylic acids is 1. The Morgan fingerprint density at radius 1 is 1.18 bits per heavy atom. The van der Waals surface area contributed by atoms with E-state index in [2.05, 4.69) is 4.98 Å². The number of hydrogen-bond donors (Lipinski definition) is 1. The van der Waals surface area contributed by atoms with Crippen molar-refractivity contribution in [3.63, 3.8) is 0 Å². The van der Waals surface area contributed by atoms with E-state index >= 15 is 0 Å². The standard InChI is InChI=1S/C24H22F2N2O4S/c1-31-23-12-21(26)20(25)11-19(23)16-2-4-18(5-3-16)32-14-15-6-8-27-17(10-15)13-28-22(24(29)30)7-9-33-28/h2-6,8,10-12,22H,7,9,13-14H2,1H3,(H,29,30). The van der Waals surface area contributed by atoms with Crippen molar-refractivity contribution in [1.82, 2.24) is 9.29 Å². The highest BCUT2D eigenvalue weighted by Gasteiger charge is 2.31. The highest BCUT2D eigenvalue weighted by Crippen LogP contribution is 2.33. The van der Waals surface area contributed by atoms with Gasteiger partial charge >= 0.3 is 5.97 Å². The molecule has 33 heavy (non-hydrogen) atoms. The second kappa shape index (κ2) is 10.2. The molecule has 0 saturated carbocycles. The summed E-state index contributed by atoms with van der Waals surface area (Å²) in [7, 11) is 1.40. The molecule has 1 saturated heterocycles. The maximum absolute atomic E-state index is 13.7. The van der Waals surface area contributed by atoms with E-state index in [1.54, 1.807) is 30.5 Å². The van der Waals surface area contributed by atoms with Gasteiger partial charge in [-0.15, -0.1) is 0 Å². The summed E-state index contributed by atoms with van der Waals surface area (Å²) in [4.78, 5) is 15.7. The fourth-order valence-corrected chi connectivity index (χ4v) is 4.76. The van der Waals surface area contributed by atoms with Crippen LogP contribution in [-0.2, 0) is 17.9 Å². The van der Waals surface area contributed by atoms with Gasteiger partial charge in [-0.2, -0.15) is 0 Å². The van der Waals surface area contributed by atoms with Gasteiger partial charge in [-0.3, -0.25) is 9.78 Å². The zero-order valence-corrected chi connectivity index (χ0v) is 18.6. The smallest absolute Gasteiger partial charge is 0.321 e. The lowest BCUT2D eigenvalue weighted by molar-refractivity contribution is -0.141. The number of benzene rings is 2. The molecule has 9 heteroatoms. The Morgan fingerprint density at radius 3 is 2.67 bits per heavy atom. The first-order valence-electron chi connectivity index (χ1n) is 10.3. The molecule has 2 heterocycles. The molecule has 1 aromatic heterocycles. The molecule has 0 radical (unpaired) electrons. The normalized spacial score (nSPS) is 16.0. The summed E-state index contributed by atoms with van der Waals surface area (Å²) in [5.41, 5.74) is 2.79. The molecule has 4 rings (SSSR count). The Kier molecular flexibility index (Phi) is 7.10. The van der Waals surface area contributed by atoms with E-state index in [1.165, 1.54) is 19.1 Å². The minimum Gasteiger partial charge on any atom is -0.496 e. The molecule has 6 nitrogen and oxygen atoms in total. The van der Waals surface area contributed by atoms with Crippen LogP contribution >= 0.6 is 11.9 Å². The van der Waals surface area contributed by atoms with Gasteiger partial charge in [-0.25, -0.2) is 13.1 Å². The minimum atomic E-state index is -0.964. The number of carboxylic acid groups (broad SMARTS) is 1. The van der Waals surface area contributed by atoms with Gasteiger partial charge in [0.25, 0.3) is 0 Å². The van der Waals surface area contributed by atoms with E-state index in [9.17, 15) is 18.7 Å². The van der Waals surface area contributed by atoms with Crippen molar-refractivity contribution in [2.75, 3.05) is 12.9 Å². The van der Waals surface area contributed by atoms with Crippen molar-refractivity contribution in [2.45, 2.75) is 25.6 Å². The van der Waals surface area contributed by atoms with Crippen molar-refractivity contribution in [2.24, 2.45) is 0 Å². The monoisotopic (exact) mass is 472 g/mol. The number of nitrogens with zero attached hydrogens (tertiary/aromatic N) is 2. The van der Waals surface area contributed by atoms with Crippen molar-refractivity contribution in [3.05, 3.63) is 77.6 Å². The Hall–Kier alpha value is -3.17. The molecule has 0 spiro atoms. The molecule has 0 aliphatic carbocycles. The van der Waals surface area contributed by atoms with Crippen molar-refractivity contribution in [1.29, 1.82) is 0 Å². The largest absolute Gasteiger partial charge is 0.496 e. The molecule has 1 unspecified atom stereocenters.